The summed E-state index contributed by atoms with van der Waals surface area (Å²) in [6, 6.07) is 5.59. The van der Waals surface area contributed by atoms with Crippen LogP contribution in [0.15, 0.2) is 22.6 Å². The zero-order chi connectivity index (χ0) is 20.2. The van der Waals surface area contributed by atoms with Gasteiger partial charge in [0.15, 0.2) is 20.4 Å². The van der Waals surface area contributed by atoms with Crippen LogP contribution in [-0.4, -0.2) is 57.7 Å². The van der Waals surface area contributed by atoms with Crippen LogP contribution in [0.2, 0.25) is 0 Å². The normalized spacial score (nSPS) is 11.4. The van der Waals surface area contributed by atoms with E-state index in [2.05, 4.69) is 9.97 Å². The van der Waals surface area contributed by atoms with Crippen molar-refractivity contribution in [3.63, 3.8) is 0 Å². The van der Waals surface area contributed by atoms with Crippen LogP contribution in [0.5, 0.6) is 16.7 Å². The molecule has 4 rings (SSSR count). The van der Waals surface area contributed by atoms with E-state index in [0.717, 1.165) is 20.1 Å². The van der Waals surface area contributed by atoms with Gasteiger partial charge in [-0.25, -0.2) is 4.98 Å². The monoisotopic (exact) mass is 436 g/mol. The maximum Gasteiger partial charge on any atom is 0.276 e. The average Bonchev–Trinajstić information content (AvgIpc) is 3.42. The van der Waals surface area contributed by atoms with E-state index in [0.29, 0.717) is 54.5 Å². The SMILES string of the molecule is COCCOCCOc1cc(OC)cc2oc(-c3nc4sc(OC)nc4s3)cc12. The number of ether oxygens (including phenoxy) is 5. The Morgan fingerprint density at radius 3 is 2.48 bits per heavy atom. The van der Waals surface area contributed by atoms with Crippen LogP contribution in [-0.2, 0) is 9.47 Å². The van der Waals surface area contributed by atoms with Crippen molar-refractivity contribution in [1.82, 2.24) is 9.97 Å². The third-order valence-corrected chi connectivity index (χ3v) is 6.07. The fraction of sp³-hybridized carbons (Fsp3) is 0.368. The molecule has 0 N–H and O–H groups in total. The van der Waals surface area contributed by atoms with Gasteiger partial charge in [0, 0.05) is 19.2 Å². The van der Waals surface area contributed by atoms with E-state index in [4.69, 9.17) is 28.1 Å². The molecule has 3 heterocycles. The smallest absolute Gasteiger partial charge is 0.276 e. The lowest BCUT2D eigenvalue weighted by Crippen LogP contribution is -2.10. The van der Waals surface area contributed by atoms with Crippen molar-refractivity contribution in [2.45, 2.75) is 0 Å². The van der Waals surface area contributed by atoms with Crippen LogP contribution >= 0.6 is 22.7 Å². The second-order valence-electron chi connectivity index (χ2n) is 5.91. The number of hydrogen-bond acceptors (Lipinski definition) is 10. The van der Waals surface area contributed by atoms with Crippen LogP contribution in [0.3, 0.4) is 0 Å². The number of methoxy groups -OCH3 is 3. The fourth-order valence-electron chi connectivity index (χ4n) is 2.70. The van der Waals surface area contributed by atoms with Gasteiger partial charge in [-0.15, -0.1) is 0 Å². The van der Waals surface area contributed by atoms with E-state index >= 15 is 0 Å². The second-order valence-corrected chi connectivity index (χ2v) is 7.83. The molecule has 0 fully saturated rings. The molecule has 0 amide bonds. The van der Waals surface area contributed by atoms with Crippen LogP contribution in [0, 0.1) is 0 Å². The predicted molar refractivity (Wildman–Crippen MR) is 112 cm³/mol. The summed E-state index contributed by atoms with van der Waals surface area (Å²) in [5, 5.41) is 2.20. The predicted octanol–water partition coefficient (Wildman–Crippen LogP) is 4.23. The Kier molecular flexibility index (Phi) is 6.14. The van der Waals surface area contributed by atoms with Gasteiger partial charge in [0.25, 0.3) is 5.19 Å². The maximum atomic E-state index is 6.04. The molecular weight excluding hydrogens is 416 g/mol. The second kappa shape index (κ2) is 8.95. The first-order chi connectivity index (χ1) is 14.2. The van der Waals surface area contributed by atoms with E-state index in [1.54, 1.807) is 21.3 Å². The lowest BCUT2D eigenvalue weighted by molar-refractivity contribution is 0.0546. The first-order valence-electron chi connectivity index (χ1n) is 8.84. The van der Waals surface area contributed by atoms with Crippen molar-refractivity contribution in [2.24, 2.45) is 0 Å². The van der Waals surface area contributed by atoms with E-state index in [-0.39, 0.29) is 0 Å². The van der Waals surface area contributed by atoms with E-state index in [1.165, 1.54) is 22.7 Å². The Labute approximate surface area is 174 Å². The van der Waals surface area contributed by atoms with Gasteiger partial charge >= 0.3 is 0 Å². The van der Waals surface area contributed by atoms with Gasteiger partial charge in [0.05, 0.1) is 39.4 Å². The molecule has 4 aromatic rings. The highest BCUT2D eigenvalue weighted by Gasteiger charge is 2.18. The van der Waals surface area contributed by atoms with Crippen molar-refractivity contribution in [3.05, 3.63) is 18.2 Å². The molecule has 0 aliphatic carbocycles. The fourth-order valence-corrected chi connectivity index (χ4v) is 4.50. The van der Waals surface area contributed by atoms with Gasteiger partial charge in [-0.2, -0.15) is 4.98 Å². The van der Waals surface area contributed by atoms with E-state index in [9.17, 15) is 0 Å². The Bertz CT molecular complexity index is 1070. The third kappa shape index (κ3) is 4.30. The van der Waals surface area contributed by atoms with Gasteiger partial charge in [-0.1, -0.05) is 22.7 Å². The Hall–Kier alpha value is -2.40. The summed E-state index contributed by atoms with van der Waals surface area (Å²) in [6.07, 6.45) is 0. The number of fused-ring (bicyclic) bond motifs is 2. The quantitative estimate of drug-likeness (QED) is 0.342. The molecule has 29 heavy (non-hydrogen) atoms. The Morgan fingerprint density at radius 2 is 1.72 bits per heavy atom. The first kappa shape index (κ1) is 19.9. The number of nitrogens with zero attached hydrogens (tertiary/aromatic N) is 2. The van der Waals surface area contributed by atoms with Crippen molar-refractivity contribution in [1.29, 1.82) is 0 Å². The lowest BCUT2D eigenvalue weighted by Gasteiger charge is -2.09. The molecule has 10 heteroatoms. The van der Waals surface area contributed by atoms with Crippen molar-refractivity contribution >= 4 is 43.3 Å². The highest BCUT2D eigenvalue weighted by Crippen LogP contribution is 2.40. The summed E-state index contributed by atoms with van der Waals surface area (Å²) >= 11 is 2.86. The number of furan rings is 1. The lowest BCUT2D eigenvalue weighted by atomic mass is 10.2. The van der Waals surface area contributed by atoms with Gasteiger partial charge in [0.1, 0.15) is 23.7 Å². The van der Waals surface area contributed by atoms with E-state index < -0.39 is 0 Å². The van der Waals surface area contributed by atoms with Crippen LogP contribution < -0.4 is 14.2 Å². The number of hydrogen-bond donors (Lipinski definition) is 0. The van der Waals surface area contributed by atoms with Crippen molar-refractivity contribution in [2.75, 3.05) is 47.8 Å². The Balaban J connectivity index is 1.58. The minimum Gasteiger partial charge on any atom is -0.496 e. The summed E-state index contributed by atoms with van der Waals surface area (Å²) in [6.45, 7) is 1.95. The third-order valence-electron chi connectivity index (χ3n) is 4.07. The van der Waals surface area contributed by atoms with Gasteiger partial charge in [-0.05, 0) is 6.07 Å². The molecule has 0 saturated carbocycles. The largest absolute Gasteiger partial charge is 0.496 e. The molecule has 0 aliphatic rings. The standard InChI is InChI=1S/C19H20N2O6S2/c1-22-4-5-25-6-7-26-13-8-11(23-2)9-14-12(13)10-15(27-14)16-20-17-18(28-16)21-19(24-3)29-17/h8-10H,4-7H2,1-3H3. The first-order valence-corrected chi connectivity index (χ1v) is 10.5. The highest BCUT2D eigenvalue weighted by atomic mass is 32.1. The molecule has 0 atom stereocenters. The Morgan fingerprint density at radius 1 is 0.897 bits per heavy atom. The summed E-state index contributed by atoms with van der Waals surface area (Å²) in [5.74, 6) is 1.98. The highest BCUT2D eigenvalue weighted by molar-refractivity contribution is 7.28. The zero-order valence-electron chi connectivity index (χ0n) is 16.2. The maximum absolute atomic E-state index is 6.04. The molecule has 0 radical (unpaired) electrons. The van der Waals surface area contributed by atoms with Crippen LogP contribution in [0.25, 0.3) is 31.4 Å². The topological polar surface area (TPSA) is 85.1 Å². The number of benzene rings is 1. The molecule has 0 spiro atoms. The summed E-state index contributed by atoms with van der Waals surface area (Å²) < 4.78 is 32.9. The van der Waals surface area contributed by atoms with Crippen molar-refractivity contribution < 1.29 is 28.1 Å². The molecule has 1 aromatic carbocycles. The van der Waals surface area contributed by atoms with Gasteiger partial charge < -0.3 is 28.1 Å². The van der Waals surface area contributed by atoms with Gasteiger partial charge in [-0.3, -0.25) is 0 Å². The molecule has 3 aromatic heterocycles. The van der Waals surface area contributed by atoms with Crippen molar-refractivity contribution in [3.8, 4) is 27.5 Å². The summed E-state index contributed by atoms with van der Waals surface area (Å²) in [7, 11) is 4.85. The number of rotatable bonds is 10. The van der Waals surface area contributed by atoms with E-state index in [1.807, 2.05) is 18.2 Å². The molecule has 0 bridgehead atoms. The minimum absolute atomic E-state index is 0.406. The molecular formula is C19H20N2O6S2. The van der Waals surface area contributed by atoms with Crippen LogP contribution in [0.4, 0.5) is 0 Å². The summed E-state index contributed by atoms with van der Waals surface area (Å²) in [5.41, 5.74) is 0.666. The molecule has 154 valence electrons. The molecule has 0 unspecified atom stereocenters. The molecule has 0 saturated heterocycles. The average molecular weight is 437 g/mol. The van der Waals surface area contributed by atoms with Gasteiger partial charge in [0.2, 0.25) is 0 Å². The number of thiazole rings is 2. The number of aromatic nitrogens is 2. The minimum atomic E-state index is 0.406. The van der Waals surface area contributed by atoms with Crippen LogP contribution in [0.1, 0.15) is 0 Å². The molecule has 0 aliphatic heterocycles. The molecule has 8 nitrogen and oxygen atoms in total. The summed E-state index contributed by atoms with van der Waals surface area (Å²) in [4.78, 5) is 10.7. The zero-order valence-corrected chi connectivity index (χ0v) is 17.9.